The van der Waals surface area contributed by atoms with Gasteiger partial charge in [-0.15, -0.1) is 21.0 Å². The Morgan fingerprint density at radius 2 is 2.03 bits per heavy atom. The summed E-state index contributed by atoms with van der Waals surface area (Å²) < 4.78 is 20.7. The maximum atomic E-state index is 14.8. The molecular formula is C27H31FN7OPS. The van der Waals surface area contributed by atoms with Crippen LogP contribution in [0.2, 0.25) is 0 Å². The molecule has 38 heavy (non-hydrogen) atoms. The molecule has 5 heterocycles. The molecule has 1 fully saturated rings. The topological polar surface area (TPSA) is 127 Å². The van der Waals surface area contributed by atoms with Gasteiger partial charge in [-0.25, -0.2) is 14.4 Å². The number of anilines is 1. The van der Waals surface area contributed by atoms with Crippen LogP contribution in [0.1, 0.15) is 42.9 Å². The summed E-state index contributed by atoms with van der Waals surface area (Å²) in [5.74, 6) is 1.32. The fourth-order valence-electron chi connectivity index (χ4n) is 5.60. The van der Waals surface area contributed by atoms with Crippen LogP contribution in [0.5, 0.6) is 0 Å². The van der Waals surface area contributed by atoms with Crippen LogP contribution in [-0.4, -0.2) is 40.8 Å². The van der Waals surface area contributed by atoms with E-state index < -0.39 is 5.82 Å². The summed E-state index contributed by atoms with van der Waals surface area (Å²) in [6.45, 7) is 4.98. The second-order valence-corrected chi connectivity index (χ2v) is 11.1. The number of nitrogens with two attached hydrogens (primary N) is 2. The molecule has 4 N–H and O–H groups in total. The molecule has 0 saturated carbocycles. The number of pyridine rings is 1. The highest BCUT2D eigenvalue weighted by Gasteiger charge is 2.32. The van der Waals surface area contributed by atoms with E-state index >= 15 is 0 Å². The van der Waals surface area contributed by atoms with Crippen molar-refractivity contribution < 1.29 is 9.13 Å². The molecule has 3 aliphatic heterocycles. The van der Waals surface area contributed by atoms with Crippen LogP contribution in [0.15, 0.2) is 23.0 Å². The van der Waals surface area contributed by atoms with Crippen LogP contribution in [0.25, 0.3) is 27.7 Å². The first-order chi connectivity index (χ1) is 18.5. The van der Waals surface area contributed by atoms with Gasteiger partial charge in [-0.2, -0.15) is 5.26 Å². The number of hydrogen-bond donors (Lipinski definition) is 2. The smallest absolute Gasteiger partial charge is 0.225 e. The Balaban J connectivity index is 0.00000144. The van der Waals surface area contributed by atoms with E-state index in [1.807, 2.05) is 6.20 Å². The van der Waals surface area contributed by atoms with Gasteiger partial charge in [-0.05, 0) is 36.9 Å². The molecule has 1 aromatic carbocycles. The van der Waals surface area contributed by atoms with Crippen LogP contribution in [0, 0.1) is 23.1 Å². The molecule has 1 unspecified atom stereocenters. The van der Waals surface area contributed by atoms with Gasteiger partial charge in [0.25, 0.3) is 0 Å². The van der Waals surface area contributed by atoms with Gasteiger partial charge in [0.1, 0.15) is 6.07 Å². The largest absolute Gasteiger partial charge is 0.400 e. The first-order valence-electron chi connectivity index (χ1n) is 12.7. The van der Waals surface area contributed by atoms with Gasteiger partial charge in [0.2, 0.25) is 5.95 Å². The first kappa shape index (κ1) is 26.8. The number of halogens is 1. The fraction of sp³-hybridized carbons (Fsp3) is 0.407. The van der Waals surface area contributed by atoms with Crippen molar-refractivity contribution in [3.8, 4) is 17.3 Å². The van der Waals surface area contributed by atoms with Crippen molar-refractivity contribution in [3.63, 3.8) is 0 Å². The van der Waals surface area contributed by atoms with Crippen molar-refractivity contribution in [2.75, 3.05) is 30.8 Å². The number of nitrogens with zero attached hydrogens (tertiary/aromatic N) is 5. The Labute approximate surface area is 228 Å². The van der Waals surface area contributed by atoms with Crippen molar-refractivity contribution in [2.45, 2.75) is 44.3 Å². The zero-order chi connectivity index (χ0) is 27.0. The molecule has 0 aliphatic carbocycles. The highest BCUT2D eigenvalue weighted by Crippen LogP contribution is 2.44. The molecule has 0 bridgehead atoms. The maximum absolute atomic E-state index is 14.8. The van der Waals surface area contributed by atoms with Crippen LogP contribution in [0.4, 0.5) is 10.3 Å². The average molecular weight is 552 g/mol. The second-order valence-electron chi connectivity index (χ2n) is 9.52. The molecule has 0 radical (unpaired) electrons. The van der Waals surface area contributed by atoms with E-state index in [1.165, 1.54) is 37.8 Å². The summed E-state index contributed by atoms with van der Waals surface area (Å²) >= 11 is 1.30. The fourth-order valence-corrected chi connectivity index (χ4v) is 7.11. The Kier molecular flexibility index (Phi) is 7.83. The van der Waals surface area contributed by atoms with Crippen LogP contribution in [-0.2, 0) is 18.0 Å². The molecule has 2 aromatic heterocycles. The minimum atomic E-state index is -0.446. The Morgan fingerprint density at radius 1 is 1.24 bits per heavy atom. The summed E-state index contributed by atoms with van der Waals surface area (Å²) in [7, 11) is 4.32. The van der Waals surface area contributed by atoms with Crippen molar-refractivity contribution in [1.82, 2.24) is 15.0 Å². The van der Waals surface area contributed by atoms with Gasteiger partial charge in [0.05, 0.1) is 41.1 Å². The Bertz CT molecular complexity index is 1490. The van der Waals surface area contributed by atoms with Gasteiger partial charge in [-0.1, -0.05) is 13.3 Å². The Hall–Kier alpha value is -2.83. The molecule has 6 rings (SSSR count). The summed E-state index contributed by atoms with van der Waals surface area (Å²) in [6.07, 6.45) is 6.68. The number of thioether (sulfide) groups is 1. The van der Waals surface area contributed by atoms with Crippen LogP contribution in [0.3, 0.4) is 0 Å². The number of allylic oxidation sites excluding steroid dienone is 1. The number of rotatable bonds is 4. The van der Waals surface area contributed by atoms with Gasteiger partial charge >= 0.3 is 0 Å². The molecule has 198 valence electrons. The van der Waals surface area contributed by atoms with Crippen LogP contribution >= 0.6 is 21.0 Å². The van der Waals surface area contributed by atoms with E-state index in [4.69, 9.17) is 20.4 Å². The van der Waals surface area contributed by atoms with E-state index in [0.29, 0.717) is 46.7 Å². The highest BCUT2D eigenvalue weighted by molar-refractivity contribution is 7.99. The second kappa shape index (κ2) is 11.1. The van der Waals surface area contributed by atoms with Crippen molar-refractivity contribution in [1.29, 1.82) is 5.26 Å². The summed E-state index contributed by atoms with van der Waals surface area (Å²) in [5, 5.41) is 11.7. The standard InChI is InChI=1S/C26H26FN6OPS.CH5N/c1-2-3-13-4-5-33(9-13)26-31-7-15-16-10-34-11-17(16)20(24(35)22(15)32-26)23-21-14(6-28)19(29)12-36-25(21)18(27)8-30-23;1-2/h7-8,13H,2-5,9-12,29,35H2,1H3;2H2,1H3/t13-;/m1./s1. The van der Waals surface area contributed by atoms with Crippen LogP contribution < -0.4 is 21.7 Å². The normalized spacial score (nSPS) is 18.2. The third kappa shape index (κ3) is 4.42. The molecule has 3 aliphatic rings. The SMILES string of the molecule is CCC[C@@H]1CCN(c2ncc3c4c(c(-c5ncc(F)c6c5C(C#N)=C(N)CS6)c(P)c3n2)COC4)C1.CN. The lowest BCUT2D eigenvalue weighted by molar-refractivity contribution is 0.135. The lowest BCUT2D eigenvalue weighted by Gasteiger charge is -2.23. The molecule has 11 heteroatoms. The number of nitriles is 1. The predicted molar refractivity (Wildman–Crippen MR) is 153 cm³/mol. The Morgan fingerprint density at radius 3 is 2.79 bits per heavy atom. The van der Waals surface area contributed by atoms with E-state index in [2.05, 4.69) is 37.9 Å². The van der Waals surface area contributed by atoms with Crippen molar-refractivity contribution in [3.05, 3.63) is 40.6 Å². The zero-order valence-corrected chi connectivity index (χ0v) is 23.5. The van der Waals surface area contributed by atoms with E-state index in [0.717, 1.165) is 58.4 Å². The molecule has 1 saturated heterocycles. The summed E-state index contributed by atoms with van der Waals surface area (Å²) in [4.78, 5) is 17.0. The summed E-state index contributed by atoms with van der Waals surface area (Å²) in [5.41, 5.74) is 16.0. The first-order valence-corrected chi connectivity index (χ1v) is 14.3. The van der Waals surface area contributed by atoms with E-state index in [9.17, 15) is 9.65 Å². The molecule has 0 amide bonds. The number of fused-ring (bicyclic) bond motifs is 4. The lowest BCUT2D eigenvalue weighted by atomic mass is 9.92. The van der Waals surface area contributed by atoms with E-state index in [-0.39, 0.29) is 5.57 Å². The quantitative estimate of drug-likeness (QED) is 0.465. The molecule has 2 atom stereocenters. The summed E-state index contributed by atoms with van der Waals surface area (Å²) in [6, 6.07) is 2.20. The molecular weight excluding hydrogens is 520 g/mol. The number of ether oxygens (including phenoxy) is 1. The van der Waals surface area contributed by atoms with Gasteiger partial charge in [-0.3, -0.25) is 4.98 Å². The van der Waals surface area contributed by atoms with E-state index in [1.54, 1.807) is 0 Å². The predicted octanol–water partition coefficient (Wildman–Crippen LogP) is 3.86. The number of hydrogen-bond acceptors (Lipinski definition) is 9. The average Bonchev–Trinajstić information content (AvgIpc) is 3.61. The third-order valence-electron chi connectivity index (χ3n) is 7.33. The van der Waals surface area contributed by atoms with Crippen molar-refractivity contribution >= 4 is 48.7 Å². The maximum Gasteiger partial charge on any atom is 0.225 e. The molecule has 3 aromatic rings. The number of benzene rings is 1. The number of aromatic nitrogens is 3. The zero-order valence-electron chi connectivity index (χ0n) is 21.6. The molecule has 8 nitrogen and oxygen atoms in total. The van der Waals surface area contributed by atoms with Gasteiger partial charge < -0.3 is 21.1 Å². The minimum Gasteiger partial charge on any atom is -0.400 e. The minimum absolute atomic E-state index is 0.283. The monoisotopic (exact) mass is 551 g/mol. The van der Waals surface area contributed by atoms with Crippen molar-refractivity contribution in [2.24, 2.45) is 17.4 Å². The lowest BCUT2D eigenvalue weighted by Crippen LogP contribution is -2.23. The van der Waals surface area contributed by atoms with Gasteiger partial charge in [0.15, 0.2) is 5.82 Å². The third-order valence-corrected chi connectivity index (χ3v) is 9.03. The highest BCUT2D eigenvalue weighted by atomic mass is 32.2. The molecule has 0 spiro atoms. The van der Waals surface area contributed by atoms with Gasteiger partial charge in [0, 0.05) is 52.6 Å².